The number of amides is 1. The molecule has 1 atom stereocenters. The molecular weight excluding hydrogens is 265 g/mol. The first-order valence-corrected chi connectivity index (χ1v) is 6.84. The third kappa shape index (κ3) is 6.21. The molecule has 0 aromatic carbocycles. The molecule has 6 nitrogen and oxygen atoms in total. The van der Waals surface area contributed by atoms with E-state index in [2.05, 4.69) is 5.32 Å². The van der Waals surface area contributed by atoms with Crippen LogP contribution in [0.15, 0.2) is 0 Å². The molecule has 0 spiro atoms. The van der Waals surface area contributed by atoms with E-state index in [1.165, 1.54) is 0 Å². The van der Waals surface area contributed by atoms with Crippen LogP contribution in [0.3, 0.4) is 0 Å². The first-order chi connectivity index (χ1) is 6.88. The monoisotopic (exact) mass is 275 g/mol. The zero-order valence-corrected chi connectivity index (χ0v) is 12.4. The summed E-state index contributed by atoms with van der Waals surface area (Å²) >= 11 is 1.14. The first-order valence-electron chi connectivity index (χ1n) is 4.28. The molecule has 1 heterocycles. The maximum Gasteiger partial charge on any atom is 1.00 e. The standard InChI is InChI=1S/C7H11NO5S2.Na/c9-6(2-4-15(11,12)13)8-5-1-3-14-7(5)10;/h5H,1-4H2,(H,8,9)(H,11,12,13);/q;+1/p-1/t5-;/m0./s1. The van der Waals surface area contributed by atoms with E-state index in [-0.39, 0.29) is 41.1 Å². The first kappa shape index (κ1) is 16.4. The van der Waals surface area contributed by atoms with Crippen LogP contribution in [0.5, 0.6) is 0 Å². The molecule has 1 aliphatic rings. The maximum atomic E-state index is 11.1. The molecule has 0 radical (unpaired) electrons. The fourth-order valence-electron chi connectivity index (χ4n) is 1.11. The van der Waals surface area contributed by atoms with Crippen LogP contribution in [0, 0.1) is 0 Å². The second-order valence-corrected chi connectivity index (χ2v) is 5.71. The summed E-state index contributed by atoms with van der Waals surface area (Å²) in [7, 11) is -4.37. The topological polar surface area (TPSA) is 103 Å². The Morgan fingerprint density at radius 3 is 2.62 bits per heavy atom. The number of carbonyl (C=O) groups excluding carboxylic acids is 2. The summed E-state index contributed by atoms with van der Waals surface area (Å²) in [5.41, 5.74) is 0. The molecule has 9 heteroatoms. The zero-order valence-electron chi connectivity index (χ0n) is 8.76. The third-order valence-corrected chi connectivity index (χ3v) is 3.56. The van der Waals surface area contributed by atoms with E-state index in [4.69, 9.17) is 0 Å². The normalized spacial score (nSPS) is 20.3. The molecule has 0 bridgehead atoms. The third-order valence-electron chi connectivity index (χ3n) is 1.85. The van der Waals surface area contributed by atoms with E-state index in [9.17, 15) is 22.6 Å². The quantitative estimate of drug-likeness (QED) is 0.415. The molecule has 0 aromatic heterocycles. The van der Waals surface area contributed by atoms with Crippen LogP contribution >= 0.6 is 11.8 Å². The molecule has 1 saturated heterocycles. The summed E-state index contributed by atoms with van der Waals surface area (Å²) in [4.78, 5) is 22.2. The average molecular weight is 275 g/mol. The van der Waals surface area contributed by atoms with Gasteiger partial charge < -0.3 is 9.87 Å². The van der Waals surface area contributed by atoms with Crippen molar-refractivity contribution in [1.82, 2.24) is 5.32 Å². The summed E-state index contributed by atoms with van der Waals surface area (Å²) in [6, 6.07) is -0.531. The molecule has 0 saturated carbocycles. The Bertz CT molecular complexity index is 369. The van der Waals surface area contributed by atoms with E-state index >= 15 is 0 Å². The van der Waals surface area contributed by atoms with E-state index in [1.807, 2.05) is 0 Å². The van der Waals surface area contributed by atoms with Crippen LogP contribution in [0.2, 0.25) is 0 Å². The summed E-state index contributed by atoms with van der Waals surface area (Å²) in [6.07, 6.45) is 0.166. The van der Waals surface area contributed by atoms with Gasteiger partial charge in [-0.05, 0) is 6.42 Å². The summed E-state index contributed by atoms with van der Waals surface area (Å²) in [5, 5.41) is 2.27. The van der Waals surface area contributed by atoms with Gasteiger partial charge in [0, 0.05) is 17.9 Å². The van der Waals surface area contributed by atoms with Gasteiger partial charge >= 0.3 is 29.6 Å². The van der Waals surface area contributed by atoms with Gasteiger partial charge in [0.05, 0.1) is 16.2 Å². The Labute approximate surface area is 120 Å². The average Bonchev–Trinajstić information content (AvgIpc) is 2.47. The number of hydrogen-bond donors (Lipinski definition) is 1. The van der Waals surface area contributed by atoms with Gasteiger partial charge in [0.1, 0.15) is 0 Å². The molecule has 0 aliphatic carbocycles. The molecule has 1 aliphatic heterocycles. The van der Waals surface area contributed by atoms with E-state index in [0.29, 0.717) is 12.2 Å². The van der Waals surface area contributed by atoms with Gasteiger partial charge in [0.25, 0.3) is 0 Å². The zero-order chi connectivity index (χ0) is 11.5. The van der Waals surface area contributed by atoms with Gasteiger partial charge in [-0.15, -0.1) is 0 Å². The summed E-state index contributed by atoms with van der Waals surface area (Å²) in [5.74, 6) is -0.647. The maximum absolute atomic E-state index is 11.1. The minimum Gasteiger partial charge on any atom is -0.748 e. The van der Waals surface area contributed by atoms with Crippen LogP contribution in [-0.2, 0) is 19.7 Å². The predicted molar refractivity (Wildman–Crippen MR) is 53.2 cm³/mol. The van der Waals surface area contributed by atoms with Gasteiger partial charge in [0.15, 0.2) is 0 Å². The van der Waals surface area contributed by atoms with Gasteiger partial charge in [-0.1, -0.05) is 11.8 Å². The minimum absolute atomic E-state index is 0. The molecule has 1 rings (SSSR count). The van der Waals surface area contributed by atoms with Gasteiger partial charge in [-0.2, -0.15) is 0 Å². The Morgan fingerprint density at radius 2 is 2.19 bits per heavy atom. The molecule has 1 N–H and O–H groups in total. The second-order valence-electron chi connectivity index (χ2n) is 3.09. The number of carbonyl (C=O) groups is 2. The number of rotatable bonds is 4. The van der Waals surface area contributed by atoms with Gasteiger partial charge in [-0.25, -0.2) is 8.42 Å². The Balaban J connectivity index is 0.00000225. The van der Waals surface area contributed by atoms with Crippen LogP contribution < -0.4 is 34.9 Å². The van der Waals surface area contributed by atoms with Crippen molar-refractivity contribution < 1.29 is 52.1 Å². The van der Waals surface area contributed by atoms with Crippen LogP contribution in [0.1, 0.15) is 12.8 Å². The van der Waals surface area contributed by atoms with Crippen LogP contribution in [0.25, 0.3) is 0 Å². The van der Waals surface area contributed by atoms with E-state index < -0.39 is 27.8 Å². The number of thioether (sulfide) groups is 1. The molecule has 0 unspecified atom stereocenters. The molecule has 1 amide bonds. The van der Waals surface area contributed by atoms with E-state index in [1.54, 1.807) is 0 Å². The SMILES string of the molecule is O=C(CCS(=O)(=O)[O-])N[C@H]1CCSC1=O.[Na+]. The number of hydrogen-bond acceptors (Lipinski definition) is 6. The van der Waals surface area contributed by atoms with Crippen molar-refractivity contribution >= 4 is 32.9 Å². The summed E-state index contributed by atoms with van der Waals surface area (Å²) < 4.78 is 30.7. The minimum atomic E-state index is -4.37. The van der Waals surface area contributed by atoms with Crippen LogP contribution in [-0.4, -0.2) is 41.5 Å². The predicted octanol–water partition coefficient (Wildman–Crippen LogP) is -3.93. The molecule has 16 heavy (non-hydrogen) atoms. The Morgan fingerprint density at radius 1 is 1.56 bits per heavy atom. The van der Waals surface area contributed by atoms with Crippen molar-refractivity contribution in [2.24, 2.45) is 0 Å². The van der Waals surface area contributed by atoms with Gasteiger partial charge in [-0.3, -0.25) is 9.59 Å². The van der Waals surface area contributed by atoms with Crippen molar-refractivity contribution in [3.63, 3.8) is 0 Å². The molecule has 1 fully saturated rings. The summed E-state index contributed by atoms with van der Waals surface area (Å²) in [6.45, 7) is 0. The Kier molecular flexibility index (Phi) is 7.15. The molecule has 0 aromatic rings. The van der Waals surface area contributed by atoms with Crippen molar-refractivity contribution in [2.75, 3.05) is 11.5 Å². The van der Waals surface area contributed by atoms with Crippen molar-refractivity contribution in [2.45, 2.75) is 18.9 Å². The van der Waals surface area contributed by atoms with E-state index in [0.717, 1.165) is 11.8 Å². The van der Waals surface area contributed by atoms with Crippen LogP contribution in [0.4, 0.5) is 0 Å². The largest absolute Gasteiger partial charge is 1.00 e. The van der Waals surface area contributed by atoms with Crippen molar-refractivity contribution in [3.05, 3.63) is 0 Å². The molecular formula is C7H10NNaO5S2. The fraction of sp³-hybridized carbons (Fsp3) is 0.714. The fourth-order valence-corrected chi connectivity index (χ4v) is 2.48. The Hall–Kier alpha value is 0.400. The molecule has 86 valence electrons. The number of nitrogens with one attached hydrogen (secondary N) is 1. The smallest absolute Gasteiger partial charge is 0.748 e. The second kappa shape index (κ2) is 6.97. The van der Waals surface area contributed by atoms with Crippen molar-refractivity contribution in [1.29, 1.82) is 0 Å². The van der Waals surface area contributed by atoms with Gasteiger partial charge in [0.2, 0.25) is 11.0 Å². The van der Waals surface area contributed by atoms with Crippen molar-refractivity contribution in [3.8, 4) is 0 Å².